The number of amides is 2. The average molecular weight is 750 g/mol. The number of carboxylic acids is 1. The molecule has 0 bridgehead atoms. The first-order valence-electron chi connectivity index (χ1n) is 18.0. The van der Waals surface area contributed by atoms with Crippen LogP contribution in [0.1, 0.15) is 82.3 Å². The lowest BCUT2D eigenvalue weighted by Gasteiger charge is -2.28. The molecular formula is C40H52ClN5O7. The number of furan rings is 1. The van der Waals surface area contributed by atoms with Gasteiger partial charge in [0.1, 0.15) is 5.76 Å². The summed E-state index contributed by atoms with van der Waals surface area (Å²) < 4.78 is 5.80. The molecule has 3 aromatic rings. The number of nitrogens with one attached hydrogen (secondary N) is 2. The Morgan fingerprint density at radius 1 is 0.868 bits per heavy atom. The van der Waals surface area contributed by atoms with Crippen LogP contribution in [0.4, 0.5) is 0 Å². The minimum atomic E-state index is -1.09. The van der Waals surface area contributed by atoms with E-state index in [1.807, 2.05) is 58.0 Å². The first-order valence-corrected chi connectivity index (χ1v) is 18.4. The number of carbonyl (C=O) groups excluding carboxylic acids is 4. The molecule has 2 aromatic carbocycles. The zero-order valence-electron chi connectivity index (χ0n) is 30.8. The predicted octanol–water partition coefficient (Wildman–Crippen LogP) is 5.81. The number of aliphatic carboxylic acids is 1. The fourth-order valence-electron chi connectivity index (χ4n) is 6.08. The molecule has 3 rings (SSSR count). The molecule has 1 aromatic heterocycles. The normalized spacial score (nSPS) is 14.0. The maximum absolute atomic E-state index is 13.9. The third-order valence-corrected chi connectivity index (χ3v) is 9.40. The van der Waals surface area contributed by atoms with Gasteiger partial charge in [0.05, 0.1) is 18.0 Å². The van der Waals surface area contributed by atoms with Crippen LogP contribution in [-0.4, -0.2) is 59.0 Å². The molecule has 286 valence electrons. The van der Waals surface area contributed by atoms with Gasteiger partial charge in [0.2, 0.25) is 5.91 Å². The molecule has 2 amide bonds. The zero-order chi connectivity index (χ0) is 39.1. The molecule has 0 unspecified atom stereocenters. The molecule has 12 nitrogen and oxygen atoms in total. The molecule has 0 spiro atoms. The second kappa shape index (κ2) is 20.9. The molecule has 7 N–H and O–H groups in total. The highest BCUT2D eigenvalue weighted by molar-refractivity contribution is 6.30. The summed E-state index contributed by atoms with van der Waals surface area (Å²) in [4.78, 5) is 71.1. The van der Waals surface area contributed by atoms with Crippen LogP contribution < -0.4 is 22.1 Å². The van der Waals surface area contributed by atoms with Crippen LogP contribution in [0.25, 0.3) is 11.3 Å². The molecule has 0 saturated carbocycles. The smallest absolute Gasteiger partial charge is 0.307 e. The van der Waals surface area contributed by atoms with Gasteiger partial charge in [-0.15, -0.1) is 0 Å². The van der Waals surface area contributed by atoms with E-state index in [0.29, 0.717) is 35.6 Å². The number of Topliss-reactive ketones (excluding diaryl/α,β-unsaturated/α-hetero) is 2. The third-order valence-electron chi connectivity index (χ3n) is 9.15. The first-order chi connectivity index (χ1) is 25.2. The number of carbonyl (C=O) groups is 5. The van der Waals surface area contributed by atoms with E-state index in [0.717, 1.165) is 5.56 Å². The van der Waals surface area contributed by atoms with Crippen molar-refractivity contribution in [3.05, 3.63) is 83.1 Å². The maximum Gasteiger partial charge on any atom is 0.307 e. The molecule has 0 fully saturated rings. The van der Waals surface area contributed by atoms with Gasteiger partial charge < -0.3 is 31.6 Å². The van der Waals surface area contributed by atoms with E-state index in [-0.39, 0.29) is 67.4 Å². The first kappa shape index (κ1) is 42.4. The Morgan fingerprint density at radius 3 is 2.13 bits per heavy atom. The van der Waals surface area contributed by atoms with Crippen LogP contribution >= 0.6 is 11.6 Å². The van der Waals surface area contributed by atoms with Gasteiger partial charge in [-0.05, 0) is 79.5 Å². The quantitative estimate of drug-likeness (QED) is 0.0477. The van der Waals surface area contributed by atoms with E-state index < -0.39 is 41.7 Å². The molecule has 13 heteroatoms. The van der Waals surface area contributed by atoms with Gasteiger partial charge >= 0.3 is 5.97 Å². The number of guanidine groups is 1. The van der Waals surface area contributed by atoms with E-state index in [4.69, 9.17) is 27.5 Å². The molecule has 53 heavy (non-hydrogen) atoms. The summed E-state index contributed by atoms with van der Waals surface area (Å²) in [6.45, 7) is 7.78. The Bertz CT molecular complexity index is 1700. The lowest BCUT2D eigenvalue weighted by molar-refractivity contribution is -0.144. The largest absolute Gasteiger partial charge is 0.481 e. The second-order valence-electron chi connectivity index (χ2n) is 13.9. The predicted molar refractivity (Wildman–Crippen MR) is 205 cm³/mol. The molecule has 0 saturated heterocycles. The van der Waals surface area contributed by atoms with E-state index in [9.17, 15) is 29.1 Å². The number of benzene rings is 2. The fraction of sp³-hybridized carbons (Fsp3) is 0.450. The molecule has 0 aliphatic carbocycles. The number of hydrogen-bond acceptors (Lipinski definition) is 7. The van der Waals surface area contributed by atoms with E-state index >= 15 is 0 Å². The van der Waals surface area contributed by atoms with Crippen molar-refractivity contribution in [2.24, 2.45) is 40.1 Å². The summed E-state index contributed by atoms with van der Waals surface area (Å²) in [6, 6.07) is 17.2. The summed E-state index contributed by atoms with van der Waals surface area (Å²) in [7, 11) is 0. The monoisotopic (exact) mass is 749 g/mol. The maximum atomic E-state index is 13.9. The number of nitrogens with two attached hydrogens (primary N) is 2. The molecule has 0 radical (unpaired) electrons. The molecular weight excluding hydrogens is 698 g/mol. The number of halogens is 1. The van der Waals surface area contributed by atoms with Crippen molar-refractivity contribution in [2.45, 2.75) is 84.7 Å². The number of aliphatic imine (C=N–C) groups is 1. The van der Waals surface area contributed by atoms with Crippen LogP contribution in [-0.2, 0) is 25.6 Å². The number of hydrogen-bond donors (Lipinski definition) is 5. The highest BCUT2D eigenvalue weighted by Gasteiger charge is 2.34. The van der Waals surface area contributed by atoms with Gasteiger partial charge in [0.25, 0.3) is 5.91 Å². The Hall–Kier alpha value is -4.97. The Kier molecular flexibility index (Phi) is 16.7. The van der Waals surface area contributed by atoms with Gasteiger partial charge in [-0.25, -0.2) is 0 Å². The van der Waals surface area contributed by atoms with Gasteiger partial charge in [-0.1, -0.05) is 76.0 Å². The summed E-state index contributed by atoms with van der Waals surface area (Å²) in [6.07, 6.45) is 1.14. The topological polar surface area (TPSA) is 207 Å². The molecule has 0 aliphatic heterocycles. The summed E-state index contributed by atoms with van der Waals surface area (Å²) >= 11 is 6.00. The Labute approximate surface area is 316 Å². The highest BCUT2D eigenvalue weighted by Crippen LogP contribution is 2.25. The second-order valence-corrected chi connectivity index (χ2v) is 14.3. The van der Waals surface area contributed by atoms with Gasteiger partial charge in [-0.3, -0.25) is 29.0 Å². The van der Waals surface area contributed by atoms with Crippen molar-refractivity contribution in [1.29, 1.82) is 0 Å². The molecule has 0 aliphatic rings. The van der Waals surface area contributed by atoms with Crippen LogP contribution in [0.3, 0.4) is 0 Å². The summed E-state index contributed by atoms with van der Waals surface area (Å²) in [5.74, 6) is -4.68. The summed E-state index contributed by atoms with van der Waals surface area (Å²) in [5.41, 5.74) is 12.4. The number of ketones is 2. The zero-order valence-corrected chi connectivity index (χ0v) is 31.6. The number of nitrogens with zero attached hydrogens (tertiary/aromatic N) is 1. The van der Waals surface area contributed by atoms with Crippen LogP contribution in [0.2, 0.25) is 5.02 Å². The van der Waals surface area contributed by atoms with Gasteiger partial charge in [0, 0.05) is 35.9 Å². The number of rotatable bonds is 22. The molecule has 1 heterocycles. The minimum Gasteiger partial charge on any atom is -0.481 e. The Morgan fingerprint density at radius 2 is 1.53 bits per heavy atom. The van der Waals surface area contributed by atoms with Crippen LogP contribution in [0.5, 0.6) is 0 Å². The lowest BCUT2D eigenvalue weighted by atomic mass is 9.85. The van der Waals surface area contributed by atoms with Gasteiger partial charge in [0.15, 0.2) is 23.3 Å². The van der Waals surface area contributed by atoms with Crippen molar-refractivity contribution in [2.75, 3.05) is 6.54 Å². The average Bonchev–Trinajstić information content (AvgIpc) is 3.62. The standard InChI is InChI=1S/C40H52ClN5O7/c1-5-25(4)36(33(48)23-29(39(51)52)21-26-10-7-6-8-11-26)46-37(49)28(20-24(2)3)22-32(47)31(12-9-19-44-40(42)43)45-38(50)35-18-17-34(53-35)27-13-15-30(41)16-14-27/h6-8,10-11,13-18,24-25,28-29,31,36H,5,9,12,19-23H2,1-4H3,(H,45,50)(H,46,49)(H,51,52)(H4,42,43,44)/t25-,28+,29+,31-,36-/m0/s1. The molecule has 5 atom stereocenters. The van der Waals surface area contributed by atoms with Crippen molar-refractivity contribution in [1.82, 2.24) is 10.6 Å². The fourth-order valence-corrected chi connectivity index (χ4v) is 6.20. The SMILES string of the molecule is CC[C@H](C)[C@H](NC(=O)[C@@H](CC(=O)[C@H](CCCN=C(N)N)NC(=O)c1ccc(-c2ccc(Cl)cc2)o1)CC(C)C)C(=O)C[C@@H](Cc1ccccc1)C(=O)O. The van der Waals surface area contributed by atoms with E-state index in [1.54, 1.807) is 30.3 Å². The van der Waals surface area contributed by atoms with Crippen LogP contribution in [0.15, 0.2) is 76.1 Å². The third kappa shape index (κ3) is 13.8. The van der Waals surface area contributed by atoms with Crippen molar-refractivity contribution < 1.29 is 33.5 Å². The summed E-state index contributed by atoms with van der Waals surface area (Å²) in [5, 5.41) is 16.2. The van der Waals surface area contributed by atoms with Crippen molar-refractivity contribution in [3.8, 4) is 11.3 Å². The number of carboxylic acid groups (broad SMARTS) is 1. The van der Waals surface area contributed by atoms with Gasteiger partial charge in [-0.2, -0.15) is 0 Å². The van der Waals surface area contributed by atoms with Crippen molar-refractivity contribution >= 4 is 46.9 Å². The van der Waals surface area contributed by atoms with E-state index in [1.165, 1.54) is 6.07 Å². The Balaban J connectivity index is 1.79. The highest BCUT2D eigenvalue weighted by atomic mass is 35.5. The van der Waals surface area contributed by atoms with E-state index in [2.05, 4.69) is 15.6 Å². The van der Waals surface area contributed by atoms with Crippen molar-refractivity contribution in [3.63, 3.8) is 0 Å². The minimum absolute atomic E-state index is 0.00437. The van der Waals surface area contributed by atoms with Crippen LogP contribution in [0, 0.1) is 23.7 Å². The lowest BCUT2D eigenvalue weighted by Crippen LogP contribution is -2.49.